The summed E-state index contributed by atoms with van der Waals surface area (Å²) >= 11 is 0. The largest absolute Gasteiger partial charge is 0.481 e. The van der Waals surface area contributed by atoms with Crippen LogP contribution < -0.4 is 5.32 Å². The topological polar surface area (TPSA) is 83.5 Å². The number of rotatable bonds is 8. The first-order valence-corrected chi connectivity index (χ1v) is 8.29. The molecular formula is C14H21NO4S. The fraction of sp³-hybridized carbons (Fsp3) is 0.500. The first kappa shape index (κ1) is 16.5. The Labute approximate surface area is 119 Å². The lowest BCUT2D eigenvalue weighted by Gasteiger charge is -2.13. The molecule has 2 N–H and O–H groups in total. The Morgan fingerprint density at radius 3 is 2.40 bits per heavy atom. The maximum absolute atomic E-state index is 11.7. The van der Waals surface area contributed by atoms with Crippen LogP contribution in [0.15, 0.2) is 29.2 Å². The van der Waals surface area contributed by atoms with Crippen LogP contribution in [0.25, 0.3) is 0 Å². The first-order chi connectivity index (χ1) is 9.35. The number of hydrogen-bond acceptors (Lipinski definition) is 4. The van der Waals surface area contributed by atoms with Gasteiger partial charge in [-0.15, -0.1) is 0 Å². The van der Waals surface area contributed by atoms with Crippen LogP contribution in [0.3, 0.4) is 0 Å². The SMILES string of the molecule is CCS(=O)(=O)c1ccc(NCC(C)CCC(=O)O)cc1. The molecule has 0 heterocycles. The highest BCUT2D eigenvalue weighted by molar-refractivity contribution is 7.91. The van der Waals surface area contributed by atoms with E-state index in [2.05, 4.69) is 5.32 Å². The van der Waals surface area contributed by atoms with Crippen molar-refractivity contribution in [2.45, 2.75) is 31.6 Å². The lowest BCUT2D eigenvalue weighted by Crippen LogP contribution is -2.13. The molecule has 0 aliphatic carbocycles. The van der Waals surface area contributed by atoms with E-state index < -0.39 is 15.8 Å². The van der Waals surface area contributed by atoms with E-state index in [1.807, 2.05) is 6.92 Å². The molecule has 0 aliphatic heterocycles. The van der Waals surface area contributed by atoms with Gasteiger partial charge in [-0.25, -0.2) is 8.42 Å². The Morgan fingerprint density at radius 1 is 1.30 bits per heavy atom. The molecule has 5 nitrogen and oxygen atoms in total. The van der Waals surface area contributed by atoms with E-state index in [1.54, 1.807) is 31.2 Å². The molecule has 20 heavy (non-hydrogen) atoms. The molecule has 1 aromatic carbocycles. The van der Waals surface area contributed by atoms with Crippen LogP contribution >= 0.6 is 0 Å². The second-order valence-electron chi connectivity index (χ2n) is 4.85. The highest BCUT2D eigenvalue weighted by Crippen LogP contribution is 2.16. The van der Waals surface area contributed by atoms with Gasteiger partial charge in [0.2, 0.25) is 0 Å². The predicted molar refractivity (Wildman–Crippen MR) is 78.7 cm³/mol. The molecule has 0 bridgehead atoms. The van der Waals surface area contributed by atoms with E-state index in [9.17, 15) is 13.2 Å². The van der Waals surface area contributed by atoms with E-state index in [-0.39, 0.29) is 18.1 Å². The summed E-state index contributed by atoms with van der Waals surface area (Å²) in [6.45, 7) is 4.25. The molecule has 0 aliphatic rings. The molecule has 6 heteroatoms. The zero-order chi connectivity index (χ0) is 15.2. The molecule has 0 fully saturated rings. The van der Waals surface area contributed by atoms with Gasteiger partial charge in [-0.05, 0) is 36.6 Å². The molecule has 0 spiro atoms. The van der Waals surface area contributed by atoms with Gasteiger partial charge in [0.15, 0.2) is 9.84 Å². The maximum atomic E-state index is 11.7. The van der Waals surface area contributed by atoms with Gasteiger partial charge in [0, 0.05) is 18.7 Å². The van der Waals surface area contributed by atoms with Gasteiger partial charge in [-0.3, -0.25) is 4.79 Å². The number of benzene rings is 1. The number of carboxylic acid groups (broad SMARTS) is 1. The van der Waals surface area contributed by atoms with E-state index in [0.717, 1.165) is 5.69 Å². The Hall–Kier alpha value is -1.56. The molecule has 112 valence electrons. The minimum atomic E-state index is -3.16. The van der Waals surface area contributed by atoms with Crippen LogP contribution in [0.4, 0.5) is 5.69 Å². The Kier molecular flexibility index (Phi) is 6.01. The quantitative estimate of drug-likeness (QED) is 0.770. The Balaban J connectivity index is 2.52. The van der Waals surface area contributed by atoms with Crippen molar-refractivity contribution in [2.24, 2.45) is 5.92 Å². The fourth-order valence-electron chi connectivity index (χ4n) is 1.71. The molecule has 0 aromatic heterocycles. The highest BCUT2D eigenvalue weighted by Gasteiger charge is 2.11. The monoisotopic (exact) mass is 299 g/mol. The maximum Gasteiger partial charge on any atom is 0.303 e. The zero-order valence-corrected chi connectivity index (χ0v) is 12.6. The third kappa shape index (κ3) is 5.21. The van der Waals surface area contributed by atoms with Gasteiger partial charge in [0.1, 0.15) is 0 Å². The molecule has 1 atom stereocenters. The predicted octanol–water partition coefficient (Wildman–Crippen LogP) is 2.39. The summed E-state index contributed by atoms with van der Waals surface area (Å²) < 4.78 is 23.3. The molecular weight excluding hydrogens is 278 g/mol. The lowest BCUT2D eigenvalue weighted by molar-refractivity contribution is -0.137. The molecule has 0 amide bonds. The third-order valence-electron chi connectivity index (χ3n) is 3.10. The summed E-state index contributed by atoms with van der Waals surface area (Å²) in [5.74, 6) is -0.456. The van der Waals surface area contributed by atoms with Crippen LogP contribution in [0, 0.1) is 5.92 Å². The standard InChI is InChI=1S/C14H21NO4S/c1-3-20(18,19)13-7-5-12(6-8-13)15-10-11(2)4-9-14(16)17/h5-8,11,15H,3-4,9-10H2,1-2H3,(H,16,17). The van der Waals surface area contributed by atoms with Gasteiger partial charge in [0.05, 0.1) is 10.6 Å². The molecule has 0 radical (unpaired) electrons. The van der Waals surface area contributed by atoms with Crippen molar-refractivity contribution in [1.29, 1.82) is 0 Å². The minimum Gasteiger partial charge on any atom is -0.481 e. The van der Waals surface area contributed by atoms with Crippen molar-refractivity contribution >= 4 is 21.5 Å². The number of anilines is 1. The van der Waals surface area contributed by atoms with E-state index in [0.29, 0.717) is 17.9 Å². The van der Waals surface area contributed by atoms with Crippen molar-refractivity contribution < 1.29 is 18.3 Å². The normalized spacial score (nSPS) is 12.9. The second kappa shape index (κ2) is 7.28. The number of carbonyl (C=O) groups is 1. The van der Waals surface area contributed by atoms with Crippen molar-refractivity contribution in [1.82, 2.24) is 0 Å². The van der Waals surface area contributed by atoms with Crippen LogP contribution in [0.5, 0.6) is 0 Å². The highest BCUT2D eigenvalue weighted by atomic mass is 32.2. The fourth-order valence-corrected chi connectivity index (χ4v) is 2.59. The lowest BCUT2D eigenvalue weighted by atomic mass is 10.1. The van der Waals surface area contributed by atoms with Crippen LogP contribution in [-0.4, -0.2) is 31.8 Å². The van der Waals surface area contributed by atoms with Crippen molar-refractivity contribution in [3.8, 4) is 0 Å². The van der Waals surface area contributed by atoms with Gasteiger partial charge < -0.3 is 10.4 Å². The summed E-state index contributed by atoms with van der Waals surface area (Å²) in [4.78, 5) is 10.8. The van der Waals surface area contributed by atoms with Crippen molar-refractivity contribution in [3.63, 3.8) is 0 Å². The summed E-state index contributed by atoms with van der Waals surface area (Å²) in [5, 5.41) is 11.8. The van der Waals surface area contributed by atoms with Crippen molar-refractivity contribution in [3.05, 3.63) is 24.3 Å². The van der Waals surface area contributed by atoms with Gasteiger partial charge in [0.25, 0.3) is 0 Å². The van der Waals surface area contributed by atoms with Crippen LogP contribution in [-0.2, 0) is 14.6 Å². The van der Waals surface area contributed by atoms with Gasteiger partial charge >= 0.3 is 5.97 Å². The van der Waals surface area contributed by atoms with E-state index in [4.69, 9.17) is 5.11 Å². The minimum absolute atomic E-state index is 0.0893. The molecule has 1 unspecified atom stereocenters. The first-order valence-electron chi connectivity index (χ1n) is 6.63. The second-order valence-corrected chi connectivity index (χ2v) is 7.12. The summed E-state index contributed by atoms with van der Waals surface area (Å²) in [6, 6.07) is 6.63. The van der Waals surface area contributed by atoms with Crippen LogP contribution in [0.1, 0.15) is 26.7 Å². The van der Waals surface area contributed by atoms with Gasteiger partial charge in [-0.1, -0.05) is 13.8 Å². The number of aliphatic carboxylic acids is 1. The van der Waals surface area contributed by atoms with Crippen LogP contribution in [0.2, 0.25) is 0 Å². The van der Waals surface area contributed by atoms with Gasteiger partial charge in [-0.2, -0.15) is 0 Å². The molecule has 0 saturated carbocycles. The number of hydrogen-bond donors (Lipinski definition) is 2. The Morgan fingerprint density at radius 2 is 1.90 bits per heavy atom. The summed E-state index contributed by atoms with van der Waals surface area (Å²) in [5.41, 5.74) is 0.835. The smallest absolute Gasteiger partial charge is 0.303 e. The average molecular weight is 299 g/mol. The third-order valence-corrected chi connectivity index (χ3v) is 4.85. The zero-order valence-electron chi connectivity index (χ0n) is 11.8. The number of nitrogens with one attached hydrogen (secondary N) is 1. The summed E-state index contributed by atoms with van der Waals surface area (Å²) in [6.07, 6.45) is 0.779. The van der Waals surface area contributed by atoms with E-state index in [1.165, 1.54) is 0 Å². The Bertz CT molecular complexity index is 537. The molecule has 1 rings (SSSR count). The number of sulfone groups is 1. The van der Waals surface area contributed by atoms with E-state index >= 15 is 0 Å². The number of carboxylic acids is 1. The molecule has 0 saturated heterocycles. The van der Waals surface area contributed by atoms with Crippen molar-refractivity contribution in [2.75, 3.05) is 17.6 Å². The average Bonchev–Trinajstić information content (AvgIpc) is 2.43. The summed E-state index contributed by atoms with van der Waals surface area (Å²) in [7, 11) is -3.16. The molecule has 1 aromatic rings.